The zero-order chi connectivity index (χ0) is 8.86. The molecule has 0 radical (unpaired) electrons. The zero-order valence-electron chi connectivity index (χ0n) is 4.97. The van der Waals surface area contributed by atoms with Gasteiger partial charge in [-0.1, -0.05) is 11.6 Å². The first kappa shape index (κ1) is 8.77. The molecule has 0 spiro atoms. The summed E-state index contributed by atoms with van der Waals surface area (Å²) < 4.78 is 60.5. The highest BCUT2D eigenvalue weighted by Crippen LogP contribution is 2.52. The molecule has 0 nitrogen and oxygen atoms in total. The van der Waals surface area contributed by atoms with E-state index in [9.17, 15) is 22.0 Å². The largest absolute Gasteiger partial charge is 0.362 e. The molecule has 11 heavy (non-hydrogen) atoms. The highest BCUT2D eigenvalue weighted by atomic mass is 35.5. The maximum atomic E-state index is 12.1. The van der Waals surface area contributed by atoms with Gasteiger partial charge in [-0.15, -0.1) is 0 Å². The highest BCUT2D eigenvalue weighted by molar-refractivity contribution is 6.30. The van der Waals surface area contributed by atoms with Crippen LogP contribution in [0.4, 0.5) is 22.0 Å². The van der Waals surface area contributed by atoms with Crippen LogP contribution in [0.1, 0.15) is 6.42 Å². The van der Waals surface area contributed by atoms with Gasteiger partial charge in [-0.25, -0.2) is 4.39 Å². The molecule has 0 saturated heterocycles. The maximum absolute atomic E-state index is 12.1. The molecular formula is C5H2ClF5. The van der Waals surface area contributed by atoms with Crippen molar-refractivity contribution in [1.29, 1.82) is 0 Å². The van der Waals surface area contributed by atoms with Gasteiger partial charge in [0.1, 0.15) is 0 Å². The third-order valence-corrected chi connectivity index (χ3v) is 1.65. The number of alkyl halides is 4. The van der Waals surface area contributed by atoms with Crippen molar-refractivity contribution in [2.45, 2.75) is 18.3 Å². The normalized spacial score (nSPS) is 27.8. The SMILES string of the molecule is FC1=C(Cl)CC(F)(F)C1(F)F. The van der Waals surface area contributed by atoms with E-state index in [1.807, 2.05) is 0 Å². The second kappa shape index (κ2) is 2.09. The smallest absolute Gasteiger partial charge is 0.204 e. The summed E-state index contributed by atoms with van der Waals surface area (Å²) in [6.45, 7) is 0. The van der Waals surface area contributed by atoms with Gasteiger partial charge >= 0.3 is 11.8 Å². The lowest BCUT2D eigenvalue weighted by Crippen LogP contribution is -2.36. The fraction of sp³-hybridized carbons (Fsp3) is 0.600. The molecular weight excluding hydrogens is 190 g/mol. The van der Waals surface area contributed by atoms with Crippen molar-refractivity contribution in [3.05, 3.63) is 10.9 Å². The van der Waals surface area contributed by atoms with Gasteiger partial charge in [0.2, 0.25) is 0 Å². The first-order chi connectivity index (χ1) is 4.79. The number of rotatable bonds is 0. The molecule has 1 aliphatic rings. The monoisotopic (exact) mass is 192 g/mol. The minimum Gasteiger partial charge on any atom is -0.204 e. The molecule has 0 aliphatic heterocycles. The number of hydrogen-bond acceptors (Lipinski definition) is 0. The van der Waals surface area contributed by atoms with E-state index in [0.717, 1.165) is 0 Å². The third kappa shape index (κ3) is 1.02. The lowest BCUT2D eigenvalue weighted by molar-refractivity contribution is -0.180. The summed E-state index contributed by atoms with van der Waals surface area (Å²) in [4.78, 5) is 0. The van der Waals surface area contributed by atoms with Gasteiger partial charge in [0.05, 0.1) is 11.5 Å². The Bertz CT molecular complexity index is 219. The first-order valence-electron chi connectivity index (χ1n) is 2.59. The molecule has 0 aromatic rings. The Hall–Kier alpha value is -0.320. The molecule has 0 atom stereocenters. The topological polar surface area (TPSA) is 0 Å². The molecule has 1 rings (SSSR count). The molecule has 0 N–H and O–H groups in total. The van der Waals surface area contributed by atoms with Crippen LogP contribution in [-0.2, 0) is 0 Å². The summed E-state index contributed by atoms with van der Waals surface area (Å²) in [6.07, 6.45) is -1.42. The van der Waals surface area contributed by atoms with E-state index in [1.165, 1.54) is 0 Å². The van der Waals surface area contributed by atoms with Crippen molar-refractivity contribution in [2.75, 3.05) is 0 Å². The van der Waals surface area contributed by atoms with Crippen LogP contribution in [0.25, 0.3) is 0 Å². The average Bonchev–Trinajstić information content (AvgIpc) is 1.93. The fourth-order valence-electron chi connectivity index (χ4n) is 0.714. The quantitative estimate of drug-likeness (QED) is 0.518. The van der Waals surface area contributed by atoms with Crippen molar-refractivity contribution < 1.29 is 22.0 Å². The maximum Gasteiger partial charge on any atom is 0.362 e. The summed E-state index contributed by atoms with van der Waals surface area (Å²) in [7, 11) is 0. The average molecular weight is 193 g/mol. The Kier molecular flexibility index (Phi) is 1.67. The van der Waals surface area contributed by atoms with Gasteiger partial charge in [-0.3, -0.25) is 0 Å². The zero-order valence-corrected chi connectivity index (χ0v) is 5.73. The van der Waals surface area contributed by atoms with Crippen molar-refractivity contribution in [3.8, 4) is 0 Å². The van der Waals surface area contributed by atoms with Crippen molar-refractivity contribution in [1.82, 2.24) is 0 Å². The molecule has 0 fully saturated rings. The van der Waals surface area contributed by atoms with Crippen LogP contribution in [0.2, 0.25) is 0 Å². The van der Waals surface area contributed by atoms with Gasteiger partial charge < -0.3 is 0 Å². The van der Waals surface area contributed by atoms with Crippen LogP contribution >= 0.6 is 11.6 Å². The number of allylic oxidation sites excluding steroid dienone is 2. The summed E-state index contributed by atoms with van der Waals surface area (Å²) in [5, 5.41) is -1.10. The summed E-state index contributed by atoms with van der Waals surface area (Å²) >= 11 is 4.78. The lowest BCUT2D eigenvalue weighted by atomic mass is 10.2. The lowest BCUT2D eigenvalue weighted by Gasteiger charge is -2.17. The van der Waals surface area contributed by atoms with Gasteiger partial charge in [-0.05, 0) is 0 Å². The standard InChI is InChI=1S/C5H2ClF5/c6-2-1-4(8,9)5(10,11)3(2)7/h1H2. The van der Waals surface area contributed by atoms with Crippen LogP contribution in [0, 0.1) is 0 Å². The Balaban J connectivity index is 3.08. The first-order valence-corrected chi connectivity index (χ1v) is 2.97. The van der Waals surface area contributed by atoms with Crippen LogP contribution in [-0.4, -0.2) is 11.8 Å². The second-order valence-electron chi connectivity index (χ2n) is 2.17. The molecule has 1 aliphatic carbocycles. The Labute approximate surface area is 63.6 Å². The van der Waals surface area contributed by atoms with Crippen LogP contribution in [0.15, 0.2) is 10.9 Å². The molecule has 0 amide bonds. The van der Waals surface area contributed by atoms with Gasteiger partial charge in [0, 0.05) is 0 Å². The van der Waals surface area contributed by atoms with Crippen LogP contribution in [0.3, 0.4) is 0 Å². The molecule has 6 heteroatoms. The van der Waals surface area contributed by atoms with E-state index >= 15 is 0 Å². The number of hydrogen-bond donors (Lipinski definition) is 0. The van der Waals surface area contributed by atoms with Crippen LogP contribution < -0.4 is 0 Å². The molecule has 0 aromatic heterocycles. The van der Waals surface area contributed by atoms with Gasteiger partial charge in [0.15, 0.2) is 5.83 Å². The summed E-state index contributed by atoms with van der Waals surface area (Å²) in [5.74, 6) is -11.3. The van der Waals surface area contributed by atoms with E-state index in [-0.39, 0.29) is 0 Å². The van der Waals surface area contributed by atoms with Crippen molar-refractivity contribution >= 4 is 11.6 Å². The van der Waals surface area contributed by atoms with E-state index in [1.54, 1.807) is 0 Å². The highest BCUT2D eigenvalue weighted by Gasteiger charge is 2.65. The summed E-state index contributed by atoms with van der Waals surface area (Å²) in [5.41, 5.74) is 0. The molecule has 0 unspecified atom stereocenters. The number of halogens is 6. The minimum absolute atomic E-state index is 1.10. The summed E-state index contributed by atoms with van der Waals surface area (Å²) in [6, 6.07) is 0. The molecule has 64 valence electrons. The predicted molar refractivity (Wildman–Crippen MR) is 28.5 cm³/mol. The van der Waals surface area contributed by atoms with Gasteiger partial charge in [0.25, 0.3) is 0 Å². The molecule has 0 bridgehead atoms. The van der Waals surface area contributed by atoms with E-state index < -0.39 is 29.1 Å². The van der Waals surface area contributed by atoms with Crippen molar-refractivity contribution in [3.63, 3.8) is 0 Å². The molecule has 0 saturated carbocycles. The Morgan fingerprint density at radius 3 is 1.73 bits per heavy atom. The molecule has 0 heterocycles. The fourth-order valence-corrected chi connectivity index (χ4v) is 1.00. The van der Waals surface area contributed by atoms with Crippen LogP contribution in [0.5, 0.6) is 0 Å². The minimum atomic E-state index is -4.73. The third-order valence-electron chi connectivity index (χ3n) is 1.35. The van der Waals surface area contributed by atoms with Crippen molar-refractivity contribution in [2.24, 2.45) is 0 Å². The Morgan fingerprint density at radius 2 is 1.64 bits per heavy atom. The van der Waals surface area contributed by atoms with E-state index in [4.69, 9.17) is 11.6 Å². The Morgan fingerprint density at radius 1 is 1.18 bits per heavy atom. The molecule has 0 aromatic carbocycles. The van der Waals surface area contributed by atoms with E-state index in [2.05, 4.69) is 0 Å². The predicted octanol–water partition coefficient (Wildman–Crippen LogP) is 3.08. The van der Waals surface area contributed by atoms with E-state index in [0.29, 0.717) is 0 Å². The second-order valence-corrected chi connectivity index (χ2v) is 2.63. The van der Waals surface area contributed by atoms with Gasteiger partial charge in [-0.2, -0.15) is 17.6 Å².